The molecule has 1 fully saturated rings. The third kappa shape index (κ3) is 2.06. The van der Waals surface area contributed by atoms with Crippen molar-refractivity contribution in [1.29, 1.82) is 0 Å². The van der Waals surface area contributed by atoms with Crippen molar-refractivity contribution in [2.45, 2.75) is 18.9 Å². The number of fused-ring (bicyclic) bond motifs is 1. The third-order valence-corrected chi connectivity index (χ3v) is 4.34. The molecule has 0 bridgehead atoms. The zero-order chi connectivity index (χ0) is 13.6. The number of hydrogen-bond acceptors (Lipinski definition) is 3. The average Bonchev–Trinajstić information content (AvgIpc) is 2.63. The van der Waals surface area contributed by atoms with E-state index in [1.807, 2.05) is 18.2 Å². The van der Waals surface area contributed by atoms with Gasteiger partial charge in [0.05, 0.1) is 11.0 Å². The Hall–Kier alpha value is -1.35. The first-order chi connectivity index (χ1) is 9.10. The third-order valence-electron chi connectivity index (χ3n) is 3.67. The molecule has 1 aliphatic carbocycles. The average molecular weight is 372 g/mol. The fourth-order valence-electron chi connectivity index (χ4n) is 2.60. The summed E-state index contributed by atoms with van der Waals surface area (Å²) >= 11 is 2.21. The molecule has 100 valence electrons. The van der Waals surface area contributed by atoms with Gasteiger partial charge in [-0.1, -0.05) is 0 Å². The van der Waals surface area contributed by atoms with Gasteiger partial charge in [-0.05, 0) is 53.6 Å². The highest BCUT2D eigenvalue weighted by atomic mass is 127. The number of carbonyl (C=O) groups is 1. The number of nitrogens with two attached hydrogens (primary N) is 1. The van der Waals surface area contributed by atoms with E-state index in [1.165, 1.54) is 0 Å². The van der Waals surface area contributed by atoms with E-state index in [4.69, 9.17) is 5.84 Å². The zero-order valence-electron chi connectivity index (χ0n) is 10.0. The monoisotopic (exact) mass is 372 g/mol. The standard InChI is InChI=1S/C12H13IN4O2/c13-7-1-2-10-9(5-7)15-12(19)17(10)8-3-6(4-8)11(18)16-14/h1-2,5-6,8H,3-4,14H2,(H,15,19)(H,16,18). The Bertz CT molecular complexity index is 699. The molecule has 6 nitrogen and oxygen atoms in total. The molecule has 3 rings (SSSR count). The van der Waals surface area contributed by atoms with Crippen molar-refractivity contribution in [2.75, 3.05) is 0 Å². The maximum absolute atomic E-state index is 12.0. The van der Waals surface area contributed by atoms with Gasteiger partial charge in [-0.15, -0.1) is 0 Å². The summed E-state index contributed by atoms with van der Waals surface area (Å²) in [7, 11) is 0. The van der Waals surface area contributed by atoms with Gasteiger partial charge in [0.15, 0.2) is 0 Å². The van der Waals surface area contributed by atoms with Crippen LogP contribution in [0.5, 0.6) is 0 Å². The second-order valence-corrected chi connectivity index (χ2v) is 6.04. The van der Waals surface area contributed by atoms with Crippen molar-refractivity contribution >= 4 is 39.5 Å². The Morgan fingerprint density at radius 3 is 2.89 bits per heavy atom. The van der Waals surface area contributed by atoms with Crippen LogP contribution in [0.15, 0.2) is 23.0 Å². The number of hydrogen-bond donors (Lipinski definition) is 3. The van der Waals surface area contributed by atoms with Crippen LogP contribution < -0.4 is 17.0 Å². The molecule has 0 spiro atoms. The van der Waals surface area contributed by atoms with Crippen LogP contribution in [0, 0.1) is 9.49 Å². The predicted molar refractivity (Wildman–Crippen MR) is 79.4 cm³/mol. The molecule has 1 heterocycles. The quantitative estimate of drug-likeness (QED) is 0.316. The second-order valence-electron chi connectivity index (χ2n) is 4.79. The molecule has 1 aliphatic rings. The molecule has 1 aromatic carbocycles. The Morgan fingerprint density at radius 2 is 2.21 bits per heavy atom. The molecule has 7 heteroatoms. The summed E-state index contributed by atoms with van der Waals surface area (Å²) in [6.45, 7) is 0. The predicted octanol–water partition coefficient (Wildman–Crippen LogP) is 0.875. The van der Waals surface area contributed by atoms with E-state index >= 15 is 0 Å². The molecule has 0 aliphatic heterocycles. The van der Waals surface area contributed by atoms with E-state index in [1.54, 1.807) is 4.57 Å². The highest BCUT2D eigenvalue weighted by Gasteiger charge is 2.36. The van der Waals surface area contributed by atoms with E-state index in [9.17, 15) is 9.59 Å². The first-order valence-corrected chi connectivity index (χ1v) is 7.08. The molecule has 1 saturated carbocycles. The van der Waals surface area contributed by atoms with Crippen LogP contribution in [0.25, 0.3) is 11.0 Å². The van der Waals surface area contributed by atoms with E-state index in [2.05, 4.69) is 33.0 Å². The van der Waals surface area contributed by atoms with Crippen LogP contribution in [-0.2, 0) is 4.79 Å². The maximum atomic E-state index is 12.0. The summed E-state index contributed by atoms with van der Waals surface area (Å²) in [5, 5.41) is 0. The van der Waals surface area contributed by atoms with Gasteiger partial charge in [0, 0.05) is 15.5 Å². The molecule has 2 aromatic rings. The molecule has 19 heavy (non-hydrogen) atoms. The first-order valence-electron chi connectivity index (χ1n) is 6.00. The van der Waals surface area contributed by atoms with Crippen molar-refractivity contribution in [3.8, 4) is 0 Å². The summed E-state index contributed by atoms with van der Waals surface area (Å²) in [6.07, 6.45) is 1.31. The van der Waals surface area contributed by atoms with E-state index in [-0.39, 0.29) is 23.6 Å². The molecule has 0 unspecified atom stereocenters. The van der Waals surface area contributed by atoms with Crippen molar-refractivity contribution in [3.05, 3.63) is 32.3 Å². The highest BCUT2D eigenvalue weighted by molar-refractivity contribution is 14.1. The normalized spacial score (nSPS) is 22.2. The summed E-state index contributed by atoms with van der Waals surface area (Å²) in [6, 6.07) is 5.92. The van der Waals surface area contributed by atoms with Crippen molar-refractivity contribution in [2.24, 2.45) is 11.8 Å². The van der Waals surface area contributed by atoms with Gasteiger partial charge in [0.25, 0.3) is 0 Å². The summed E-state index contributed by atoms with van der Waals surface area (Å²) in [5.74, 6) is 4.87. The number of rotatable bonds is 2. The van der Waals surface area contributed by atoms with E-state index < -0.39 is 0 Å². The molecular weight excluding hydrogens is 359 g/mol. The smallest absolute Gasteiger partial charge is 0.305 e. The number of nitrogens with one attached hydrogen (secondary N) is 2. The van der Waals surface area contributed by atoms with Crippen molar-refractivity contribution < 1.29 is 4.79 Å². The number of imidazole rings is 1. The summed E-state index contributed by atoms with van der Waals surface area (Å²) < 4.78 is 2.82. The minimum atomic E-state index is -0.154. The number of hydrazine groups is 1. The fraction of sp³-hybridized carbons (Fsp3) is 0.333. The lowest BCUT2D eigenvalue weighted by Gasteiger charge is -2.34. The topological polar surface area (TPSA) is 92.9 Å². The fourth-order valence-corrected chi connectivity index (χ4v) is 3.09. The largest absolute Gasteiger partial charge is 0.326 e. The van der Waals surface area contributed by atoms with Gasteiger partial charge < -0.3 is 4.98 Å². The lowest BCUT2D eigenvalue weighted by Crippen LogP contribution is -2.43. The lowest BCUT2D eigenvalue weighted by molar-refractivity contribution is -0.128. The van der Waals surface area contributed by atoms with Crippen LogP contribution in [0.3, 0.4) is 0 Å². The van der Waals surface area contributed by atoms with Crippen molar-refractivity contribution in [1.82, 2.24) is 15.0 Å². The van der Waals surface area contributed by atoms with Crippen LogP contribution in [0.2, 0.25) is 0 Å². The van der Waals surface area contributed by atoms with Gasteiger partial charge in [-0.25, -0.2) is 10.6 Å². The molecule has 1 aromatic heterocycles. The number of aromatic nitrogens is 2. The van der Waals surface area contributed by atoms with Crippen LogP contribution >= 0.6 is 22.6 Å². The van der Waals surface area contributed by atoms with Gasteiger partial charge in [-0.2, -0.15) is 0 Å². The number of nitrogens with zero attached hydrogens (tertiary/aromatic N) is 1. The van der Waals surface area contributed by atoms with E-state index in [0.717, 1.165) is 14.6 Å². The second kappa shape index (κ2) is 4.64. The summed E-state index contributed by atoms with van der Waals surface area (Å²) in [4.78, 5) is 26.2. The zero-order valence-corrected chi connectivity index (χ0v) is 12.2. The number of amides is 1. The van der Waals surface area contributed by atoms with Gasteiger partial charge in [0.2, 0.25) is 5.91 Å². The molecule has 0 atom stereocenters. The lowest BCUT2D eigenvalue weighted by atomic mass is 9.79. The van der Waals surface area contributed by atoms with Crippen LogP contribution in [0.1, 0.15) is 18.9 Å². The van der Waals surface area contributed by atoms with E-state index in [0.29, 0.717) is 12.8 Å². The highest BCUT2D eigenvalue weighted by Crippen LogP contribution is 2.38. The van der Waals surface area contributed by atoms with Crippen LogP contribution in [0.4, 0.5) is 0 Å². The molecule has 0 saturated heterocycles. The molecule has 1 amide bonds. The van der Waals surface area contributed by atoms with Crippen molar-refractivity contribution in [3.63, 3.8) is 0 Å². The molecule has 4 N–H and O–H groups in total. The summed E-state index contributed by atoms with van der Waals surface area (Å²) in [5.41, 5.74) is 3.77. The number of carbonyl (C=O) groups excluding carboxylic acids is 1. The Balaban J connectivity index is 1.93. The van der Waals surface area contributed by atoms with Gasteiger partial charge in [0.1, 0.15) is 0 Å². The minimum Gasteiger partial charge on any atom is -0.305 e. The number of halogens is 1. The Morgan fingerprint density at radius 1 is 1.47 bits per heavy atom. The Kier molecular flexibility index (Phi) is 3.09. The SMILES string of the molecule is NNC(=O)C1CC(n2c(=O)[nH]c3cc(I)ccc32)C1. The number of aromatic amines is 1. The number of benzene rings is 1. The van der Waals surface area contributed by atoms with Crippen LogP contribution in [-0.4, -0.2) is 15.5 Å². The first kappa shape index (κ1) is 12.7. The molecular formula is C12H13IN4O2. The van der Waals surface area contributed by atoms with Gasteiger partial charge >= 0.3 is 5.69 Å². The number of H-pyrrole nitrogens is 1. The molecule has 0 radical (unpaired) electrons. The minimum absolute atomic E-state index is 0.0728. The van der Waals surface area contributed by atoms with Gasteiger partial charge in [-0.3, -0.25) is 14.8 Å². The maximum Gasteiger partial charge on any atom is 0.326 e. The Labute approximate surface area is 122 Å².